The van der Waals surface area contributed by atoms with Gasteiger partial charge in [-0.1, -0.05) is 50.2 Å². The molecule has 250 valence electrons. The average Bonchev–Trinajstić information content (AvgIpc) is 3.44. The van der Waals surface area contributed by atoms with Crippen LogP contribution in [0.4, 0.5) is 21.0 Å². The fourth-order valence-corrected chi connectivity index (χ4v) is 5.00. The Balaban J connectivity index is 1.40. The number of nitrogens with one attached hydrogen (secondary N) is 1. The van der Waals surface area contributed by atoms with E-state index in [1.807, 2.05) is 0 Å². The van der Waals surface area contributed by atoms with E-state index in [0.717, 1.165) is 4.57 Å². The summed E-state index contributed by atoms with van der Waals surface area (Å²) in [5, 5.41) is 22.7. The van der Waals surface area contributed by atoms with E-state index in [4.69, 9.17) is 23.7 Å². The van der Waals surface area contributed by atoms with Gasteiger partial charge in [-0.05, 0) is 6.92 Å². The first-order valence-electron chi connectivity index (χ1n) is 14.4. The molecule has 4 rings (SSSR count). The highest BCUT2D eigenvalue weighted by atomic mass is 16.7. The molecule has 0 amide bonds. The van der Waals surface area contributed by atoms with Crippen LogP contribution in [0.3, 0.4) is 0 Å². The number of nitrogens with zero attached hydrogens (tertiary/aromatic N) is 3. The van der Waals surface area contributed by atoms with Gasteiger partial charge in [0.1, 0.15) is 38.3 Å². The van der Waals surface area contributed by atoms with Crippen molar-refractivity contribution < 1.29 is 43.1 Å². The van der Waals surface area contributed by atoms with Gasteiger partial charge in [0, 0.05) is 53.3 Å². The molecule has 1 fully saturated rings. The predicted molar refractivity (Wildman–Crippen MR) is 161 cm³/mol. The molecule has 2 aromatic carbocycles. The van der Waals surface area contributed by atoms with Crippen molar-refractivity contribution in [2.75, 3.05) is 19.8 Å². The second-order valence-corrected chi connectivity index (χ2v) is 10.9. The van der Waals surface area contributed by atoms with Crippen LogP contribution in [0.15, 0.2) is 64.3 Å². The highest BCUT2D eigenvalue weighted by molar-refractivity contribution is 5.61. The number of nitro groups is 2. The summed E-state index contributed by atoms with van der Waals surface area (Å²) in [4.78, 5) is 73.3. The van der Waals surface area contributed by atoms with E-state index in [0.29, 0.717) is 11.1 Å². The van der Waals surface area contributed by atoms with Crippen molar-refractivity contribution in [1.29, 1.82) is 0 Å². The number of aryl methyl sites for hydroxylation is 1. The molecule has 5 atom stereocenters. The number of aromatic amines is 1. The lowest BCUT2D eigenvalue weighted by molar-refractivity contribution is -0.385. The first-order valence-corrected chi connectivity index (χ1v) is 14.4. The van der Waals surface area contributed by atoms with E-state index in [1.165, 1.54) is 37.4 Å². The van der Waals surface area contributed by atoms with E-state index in [9.17, 15) is 39.4 Å². The number of benzene rings is 2. The smallest absolute Gasteiger partial charge is 0.434 e. The number of rotatable bonds is 12. The number of hydrogen-bond donors (Lipinski definition) is 1. The molecule has 1 aliphatic rings. The zero-order valence-electron chi connectivity index (χ0n) is 25.6. The largest absolute Gasteiger partial charge is 0.508 e. The van der Waals surface area contributed by atoms with E-state index < -0.39 is 70.3 Å². The van der Waals surface area contributed by atoms with E-state index in [2.05, 4.69) is 4.98 Å². The summed E-state index contributed by atoms with van der Waals surface area (Å²) in [5.74, 6) is -1.11. The Morgan fingerprint density at radius 2 is 1.45 bits per heavy atom. The number of hydrogen-bond acceptors (Lipinski definition) is 13. The van der Waals surface area contributed by atoms with Crippen LogP contribution in [0.25, 0.3) is 0 Å². The van der Waals surface area contributed by atoms with E-state index in [-0.39, 0.29) is 36.6 Å². The third-order valence-corrected chi connectivity index (χ3v) is 7.48. The molecule has 47 heavy (non-hydrogen) atoms. The molecule has 0 radical (unpaired) electrons. The first-order chi connectivity index (χ1) is 22.3. The van der Waals surface area contributed by atoms with Gasteiger partial charge in [0.25, 0.3) is 16.9 Å². The lowest BCUT2D eigenvalue weighted by atomic mass is 10.0. The second kappa shape index (κ2) is 15.1. The lowest BCUT2D eigenvalue weighted by Crippen LogP contribution is -2.34. The van der Waals surface area contributed by atoms with Gasteiger partial charge in [-0.3, -0.25) is 34.6 Å². The fourth-order valence-electron chi connectivity index (χ4n) is 5.00. The Morgan fingerprint density at radius 3 is 2.00 bits per heavy atom. The zero-order valence-corrected chi connectivity index (χ0v) is 25.6. The van der Waals surface area contributed by atoms with Gasteiger partial charge in [0.2, 0.25) is 0 Å². The SMILES string of the molecule is Cc1cn([C@H]2C[C@H](OC(=O)OCC(C)c3ccccc3[N+](=O)[O-])[C@@H](COC(=O)OCC(C)c3ccccc3[N+](=O)[O-])O2)c(=O)[nH]c1=O. The standard InChI is InChI=1S/C30H32N4O13/c1-17-13-32(28(36)31-27(17)35)26-12-24(47-30(38)44-15-19(3)21-9-5-7-11-23(21)34(41)42)25(46-26)16-45-29(37)43-14-18(2)20-8-4-6-10-22(20)33(39)40/h4-11,13,18-19,24-26H,12,14-16H2,1-3H3,(H,31,35,36)/t18?,19?,24-,25+,26+/m0/s1. The topological polar surface area (TPSA) is 221 Å². The lowest BCUT2D eigenvalue weighted by Gasteiger charge is -2.19. The Labute approximate surface area is 266 Å². The molecule has 0 saturated carbocycles. The minimum Gasteiger partial charge on any atom is -0.434 e. The van der Waals surface area contributed by atoms with Gasteiger partial charge in [0.05, 0.1) is 9.85 Å². The highest BCUT2D eigenvalue weighted by Gasteiger charge is 2.41. The van der Waals surface area contributed by atoms with Crippen LogP contribution in [0.2, 0.25) is 0 Å². The normalized spacial score (nSPS) is 18.5. The molecular weight excluding hydrogens is 624 g/mol. The molecular formula is C30H32N4O13. The summed E-state index contributed by atoms with van der Waals surface area (Å²) >= 11 is 0. The quantitative estimate of drug-likeness (QED) is 0.164. The number of H-pyrrole nitrogens is 1. The van der Waals surface area contributed by atoms with E-state index in [1.54, 1.807) is 38.1 Å². The Morgan fingerprint density at radius 1 is 0.915 bits per heavy atom. The number of carbonyl (C=O) groups is 2. The Kier molecular flexibility index (Phi) is 11.0. The maximum absolute atomic E-state index is 12.7. The molecule has 2 unspecified atom stereocenters. The van der Waals surface area contributed by atoms with Crippen molar-refractivity contribution in [2.24, 2.45) is 0 Å². The summed E-state index contributed by atoms with van der Waals surface area (Å²) in [6.45, 7) is 3.76. The minimum atomic E-state index is -1.14. The Hall–Kier alpha value is -5.58. The molecule has 17 heteroatoms. The Bertz CT molecular complexity index is 1750. The molecule has 1 aliphatic heterocycles. The number of nitro benzene ring substituents is 2. The average molecular weight is 657 g/mol. The molecule has 17 nitrogen and oxygen atoms in total. The summed E-state index contributed by atoms with van der Waals surface area (Å²) in [5.41, 5.74) is -0.712. The van der Waals surface area contributed by atoms with Crippen molar-refractivity contribution in [3.63, 3.8) is 0 Å². The second-order valence-electron chi connectivity index (χ2n) is 10.9. The van der Waals surface area contributed by atoms with Crippen LogP contribution in [0.5, 0.6) is 0 Å². The molecule has 3 aromatic rings. The molecule has 1 N–H and O–H groups in total. The van der Waals surface area contributed by atoms with Crippen molar-refractivity contribution in [2.45, 2.75) is 57.5 Å². The third-order valence-electron chi connectivity index (χ3n) is 7.48. The number of carbonyl (C=O) groups excluding carboxylic acids is 2. The summed E-state index contributed by atoms with van der Waals surface area (Å²) in [6.07, 6.45) is -4.34. The number of ether oxygens (including phenoxy) is 5. The van der Waals surface area contributed by atoms with Gasteiger partial charge < -0.3 is 23.7 Å². The fraction of sp³-hybridized carbons (Fsp3) is 0.400. The van der Waals surface area contributed by atoms with Gasteiger partial charge in [-0.15, -0.1) is 0 Å². The zero-order chi connectivity index (χ0) is 34.2. The van der Waals surface area contributed by atoms with Crippen molar-refractivity contribution in [3.05, 3.63) is 112 Å². The van der Waals surface area contributed by atoms with Crippen molar-refractivity contribution >= 4 is 23.7 Å². The highest BCUT2D eigenvalue weighted by Crippen LogP contribution is 2.32. The maximum Gasteiger partial charge on any atom is 0.508 e. The van der Waals surface area contributed by atoms with Crippen LogP contribution in [-0.2, 0) is 23.7 Å². The van der Waals surface area contributed by atoms with Crippen LogP contribution in [0.1, 0.15) is 55.0 Å². The van der Waals surface area contributed by atoms with Crippen molar-refractivity contribution in [1.82, 2.24) is 9.55 Å². The van der Waals surface area contributed by atoms with Gasteiger partial charge in [0.15, 0.2) is 0 Å². The molecule has 0 aliphatic carbocycles. The van der Waals surface area contributed by atoms with Gasteiger partial charge in [-0.2, -0.15) is 0 Å². The first kappa shape index (κ1) is 34.3. The molecule has 1 aromatic heterocycles. The van der Waals surface area contributed by atoms with Gasteiger partial charge >= 0.3 is 18.0 Å². The molecule has 0 bridgehead atoms. The molecule has 0 spiro atoms. The van der Waals surface area contributed by atoms with Crippen LogP contribution in [-0.4, -0.2) is 63.7 Å². The summed E-state index contributed by atoms with van der Waals surface area (Å²) < 4.78 is 28.0. The maximum atomic E-state index is 12.7. The molecule has 1 saturated heterocycles. The van der Waals surface area contributed by atoms with Crippen molar-refractivity contribution in [3.8, 4) is 0 Å². The summed E-state index contributed by atoms with van der Waals surface area (Å²) in [6, 6.07) is 12.0. The minimum absolute atomic E-state index is 0.0992. The van der Waals surface area contributed by atoms with Crippen LogP contribution >= 0.6 is 0 Å². The van der Waals surface area contributed by atoms with Crippen LogP contribution in [0, 0.1) is 27.2 Å². The monoisotopic (exact) mass is 656 g/mol. The number of aromatic nitrogens is 2. The summed E-state index contributed by atoms with van der Waals surface area (Å²) in [7, 11) is 0. The van der Waals surface area contributed by atoms with Crippen LogP contribution < -0.4 is 11.2 Å². The molecule has 2 heterocycles. The number of para-hydroxylation sites is 2. The third kappa shape index (κ3) is 8.57. The van der Waals surface area contributed by atoms with Gasteiger partial charge in [-0.25, -0.2) is 14.4 Å². The van der Waals surface area contributed by atoms with E-state index >= 15 is 0 Å². The predicted octanol–water partition coefficient (Wildman–Crippen LogP) is 4.23.